The Morgan fingerprint density at radius 1 is 1.04 bits per heavy atom. The van der Waals surface area contributed by atoms with Gasteiger partial charge in [0.1, 0.15) is 5.41 Å². The molecule has 0 heterocycles. The van der Waals surface area contributed by atoms with Gasteiger partial charge < -0.3 is 26.6 Å². The van der Waals surface area contributed by atoms with Crippen molar-refractivity contribution < 1.29 is 31.4 Å². The van der Waals surface area contributed by atoms with Crippen LogP contribution in [0.3, 0.4) is 0 Å². The van der Waals surface area contributed by atoms with Crippen molar-refractivity contribution in [2.75, 3.05) is 6.61 Å². The van der Waals surface area contributed by atoms with Gasteiger partial charge in [0, 0.05) is 0 Å². The summed E-state index contributed by atoms with van der Waals surface area (Å²) in [6.45, 7) is 3.83. The zero-order valence-corrected chi connectivity index (χ0v) is 16.8. The molecule has 1 aromatic carbocycles. The monoisotopic (exact) mass is 426 g/mol. The number of carboxylic acid groups (broad SMARTS) is 1. The number of benzene rings is 1. The van der Waals surface area contributed by atoms with Crippen molar-refractivity contribution in [1.82, 2.24) is 0 Å². The molecule has 0 aliphatic rings. The quantitative estimate of drug-likeness (QED) is 0.550. The molecular weight excluding hydrogens is 392 g/mol. The molecule has 2 unspecified atom stereocenters. The Labute approximate surface area is 161 Å². The number of rotatable bonds is 10. The van der Waals surface area contributed by atoms with Crippen LogP contribution in [0.15, 0.2) is 30.3 Å². The molecule has 0 spiro atoms. The lowest BCUT2D eigenvalue weighted by molar-refractivity contribution is -0.148. The second kappa shape index (κ2) is 16.5. The lowest BCUT2D eigenvalue weighted by Crippen LogP contribution is -2.46. The zero-order chi connectivity index (χ0) is 15.7. The largest absolute Gasteiger partial charge is 0.481 e. The van der Waals surface area contributed by atoms with E-state index in [1.54, 1.807) is 0 Å². The number of aliphatic hydroxyl groups excluding tert-OH is 1. The van der Waals surface area contributed by atoms with Crippen LogP contribution < -0.4 is 0 Å². The molecule has 0 saturated carbocycles. The number of aliphatic carboxylic acids is 1. The summed E-state index contributed by atoms with van der Waals surface area (Å²) in [5, 5.41) is 19.7. The third-order valence-corrected chi connectivity index (χ3v) is 4.52. The summed E-state index contributed by atoms with van der Waals surface area (Å²) in [5.41, 5.74) is -0.468. The van der Waals surface area contributed by atoms with E-state index in [4.69, 9.17) is 0 Å². The van der Waals surface area contributed by atoms with Crippen molar-refractivity contribution in [1.29, 1.82) is 0 Å². The first-order valence-electron chi connectivity index (χ1n) is 8.03. The maximum Gasteiger partial charge on any atom is 0.316 e. The Bertz CT molecular complexity index is 429. The topological polar surface area (TPSA) is 152 Å². The number of aliphatic hydroxyl groups is 1. The first-order valence-corrected chi connectivity index (χ1v) is 8.03. The van der Waals surface area contributed by atoms with Gasteiger partial charge in [0.05, 0.1) is 6.61 Å². The molecule has 0 amide bonds. The van der Waals surface area contributed by atoms with Crippen LogP contribution in [0.1, 0.15) is 57.9 Å². The van der Waals surface area contributed by atoms with Crippen LogP contribution in [0, 0.1) is 5.92 Å². The average molecular weight is 427 g/mol. The summed E-state index contributed by atoms with van der Waals surface area (Å²) >= 11 is 0. The van der Waals surface area contributed by atoms with Crippen molar-refractivity contribution in [3.63, 3.8) is 0 Å². The summed E-state index contributed by atoms with van der Waals surface area (Å²) in [4.78, 5) is 12.0. The highest BCUT2D eigenvalue weighted by Gasteiger charge is 2.45. The highest BCUT2D eigenvalue weighted by Crippen LogP contribution is 2.38. The lowest BCUT2D eigenvalue weighted by atomic mass is 9.67. The molecule has 0 aliphatic carbocycles. The highest BCUT2D eigenvalue weighted by molar-refractivity contribution is 8.93. The molecule has 1 aromatic rings. The molecular formula is C18H35BrO6. The fourth-order valence-electron chi connectivity index (χ4n) is 3.17. The van der Waals surface area contributed by atoms with Crippen molar-refractivity contribution in [3.8, 4) is 0 Å². The van der Waals surface area contributed by atoms with E-state index in [2.05, 4.69) is 6.92 Å². The molecule has 1 rings (SSSR count). The van der Waals surface area contributed by atoms with Gasteiger partial charge in [0.15, 0.2) is 0 Å². The first kappa shape index (κ1) is 31.7. The molecule has 0 saturated heterocycles. The Balaban J connectivity index is -0.000000551. The minimum absolute atomic E-state index is 0. The molecule has 8 N–H and O–H groups in total. The molecule has 0 fully saturated rings. The van der Waals surface area contributed by atoms with Crippen LogP contribution in [0.2, 0.25) is 0 Å². The second-order valence-corrected chi connectivity index (χ2v) is 5.76. The van der Waals surface area contributed by atoms with Crippen LogP contribution >= 0.6 is 17.0 Å². The summed E-state index contributed by atoms with van der Waals surface area (Å²) in [6, 6.07) is 9.19. The van der Waals surface area contributed by atoms with Crippen molar-refractivity contribution in [2.24, 2.45) is 5.92 Å². The lowest BCUT2D eigenvalue weighted by Gasteiger charge is -2.36. The summed E-state index contributed by atoms with van der Waals surface area (Å²) in [6.07, 6.45) is 6.10. The van der Waals surface area contributed by atoms with Crippen molar-refractivity contribution in [3.05, 3.63) is 35.9 Å². The number of hydrogen-bond donors (Lipinski definition) is 2. The van der Waals surface area contributed by atoms with E-state index in [9.17, 15) is 15.0 Å². The number of carboxylic acids is 1. The standard InChI is InChI=1S/C18H28O3.BrH.3H2O/c1-3-5-6-8-11-15(4-2)18(14-19,17(20)21)16-12-9-7-10-13-16;;;;/h7,9-10,12-13,15,19H,3-6,8,11,14H2,1-2H3,(H,20,21);1H;3*1H2. The van der Waals surface area contributed by atoms with E-state index in [0.717, 1.165) is 25.7 Å². The third kappa shape index (κ3) is 7.83. The minimum atomic E-state index is -1.18. The fraction of sp³-hybridized carbons (Fsp3) is 0.611. The molecule has 0 bridgehead atoms. The van der Waals surface area contributed by atoms with Gasteiger partial charge in [-0.3, -0.25) is 4.79 Å². The maximum absolute atomic E-state index is 12.0. The van der Waals surface area contributed by atoms with Gasteiger partial charge in [-0.2, -0.15) is 0 Å². The second-order valence-electron chi connectivity index (χ2n) is 5.76. The third-order valence-electron chi connectivity index (χ3n) is 4.52. The molecule has 6 nitrogen and oxygen atoms in total. The zero-order valence-electron chi connectivity index (χ0n) is 15.1. The van der Waals surface area contributed by atoms with Crippen LogP contribution in [0.5, 0.6) is 0 Å². The molecule has 150 valence electrons. The fourth-order valence-corrected chi connectivity index (χ4v) is 3.17. The molecule has 7 heteroatoms. The SMILES string of the molecule is Br.CCCCCCC(CC)C(CO)(C(=O)O)c1ccccc1.O.O.O. The van der Waals surface area contributed by atoms with E-state index in [1.807, 2.05) is 37.3 Å². The molecule has 0 radical (unpaired) electrons. The van der Waals surface area contributed by atoms with Crippen LogP contribution in [-0.4, -0.2) is 39.2 Å². The number of carbonyl (C=O) groups is 1. The normalized spacial score (nSPS) is 12.9. The van der Waals surface area contributed by atoms with Crippen molar-refractivity contribution >= 4 is 23.0 Å². The van der Waals surface area contributed by atoms with Gasteiger partial charge >= 0.3 is 5.97 Å². The highest BCUT2D eigenvalue weighted by atomic mass is 79.9. The number of unbranched alkanes of at least 4 members (excludes halogenated alkanes) is 3. The van der Waals surface area contributed by atoms with Gasteiger partial charge in [0.2, 0.25) is 0 Å². The summed E-state index contributed by atoms with van der Waals surface area (Å²) in [7, 11) is 0. The number of hydrogen-bond acceptors (Lipinski definition) is 2. The Kier molecular flexibility index (Phi) is 20.9. The Morgan fingerprint density at radius 2 is 1.60 bits per heavy atom. The van der Waals surface area contributed by atoms with Gasteiger partial charge in [-0.1, -0.05) is 76.3 Å². The van der Waals surface area contributed by atoms with Gasteiger partial charge in [0.25, 0.3) is 0 Å². The van der Waals surface area contributed by atoms with E-state index >= 15 is 0 Å². The van der Waals surface area contributed by atoms with Gasteiger partial charge in [-0.25, -0.2) is 0 Å². The minimum Gasteiger partial charge on any atom is -0.481 e. The Morgan fingerprint density at radius 3 is 2.00 bits per heavy atom. The van der Waals surface area contributed by atoms with Gasteiger partial charge in [-0.15, -0.1) is 17.0 Å². The van der Waals surface area contributed by atoms with Crippen LogP contribution in [0.25, 0.3) is 0 Å². The predicted molar refractivity (Wildman–Crippen MR) is 107 cm³/mol. The van der Waals surface area contributed by atoms with Crippen LogP contribution in [0.4, 0.5) is 0 Å². The van der Waals surface area contributed by atoms with Gasteiger partial charge in [-0.05, 0) is 17.9 Å². The average Bonchev–Trinajstić information content (AvgIpc) is 2.51. The molecule has 0 aliphatic heterocycles. The first-order chi connectivity index (χ1) is 10.1. The molecule has 0 aromatic heterocycles. The molecule has 25 heavy (non-hydrogen) atoms. The maximum atomic E-state index is 12.0. The van der Waals surface area contributed by atoms with E-state index in [0.29, 0.717) is 5.56 Å². The van der Waals surface area contributed by atoms with E-state index in [1.165, 1.54) is 12.8 Å². The van der Waals surface area contributed by atoms with Crippen molar-refractivity contribution in [2.45, 2.75) is 57.8 Å². The summed E-state index contributed by atoms with van der Waals surface area (Å²) in [5.74, 6) is -0.960. The van der Waals surface area contributed by atoms with Crippen LogP contribution in [-0.2, 0) is 10.2 Å². The molecule has 2 atom stereocenters. The number of halogens is 1. The smallest absolute Gasteiger partial charge is 0.316 e. The summed E-state index contributed by atoms with van der Waals surface area (Å²) < 4.78 is 0. The predicted octanol–water partition coefficient (Wildman–Crippen LogP) is 2.10. The Hall–Kier alpha value is -0.990. The van der Waals surface area contributed by atoms with E-state index < -0.39 is 11.4 Å². The van der Waals surface area contributed by atoms with E-state index in [-0.39, 0.29) is 45.9 Å².